The Bertz CT molecular complexity index is 690. The number of hydrogen-bond acceptors (Lipinski definition) is 6. The summed E-state index contributed by atoms with van der Waals surface area (Å²) in [6.07, 6.45) is 0. The van der Waals surface area contributed by atoms with Crippen molar-refractivity contribution in [3.05, 3.63) is 52.1 Å². The second-order valence-corrected chi connectivity index (χ2v) is 4.77. The van der Waals surface area contributed by atoms with Crippen molar-refractivity contribution < 1.29 is 19.2 Å². The predicted octanol–water partition coefficient (Wildman–Crippen LogP) is 2.53. The van der Waals surface area contributed by atoms with E-state index in [0.29, 0.717) is 0 Å². The number of nitriles is 1. The second kappa shape index (κ2) is 7.84. The first-order valence-corrected chi connectivity index (χ1v) is 6.84. The Morgan fingerprint density at radius 3 is 2.52 bits per heavy atom. The van der Waals surface area contributed by atoms with Gasteiger partial charge in [0, 0.05) is 23.1 Å². The van der Waals surface area contributed by atoms with Crippen molar-refractivity contribution in [2.45, 2.75) is 19.8 Å². The lowest BCUT2D eigenvalue weighted by atomic mass is 9.78. The maximum Gasteiger partial charge on any atom is 0.317 e. The van der Waals surface area contributed by atoms with Crippen LogP contribution in [-0.2, 0) is 14.3 Å². The number of esters is 1. The number of ketones is 1. The molecule has 0 aliphatic carbocycles. The summed E-state index contributed by atoms with van der Waals surface area (Å²) in [5, 5.41) is 20.4. The molecule has 0 heterocycles. The van der Waals surface area contributed by atoms with Crippen LogP contribution in [0.4, 0.5) is 5.69 Å². The first-order valence-electron chi connectivity index (χ1n) is 6.84. The van der Waals surface area contributed by atoms with Gasteiger partial charge in [-0.25, -0.2) is 0 Å². The van der Waals surface area contributed by atoms with E-state index in [4.69, 9.17) is 10.00 Å². The van der Waals surface area contributed by atoms with E-state index in [2.05, 4.69) is 6.58 Å². The summed E-state index contributed by atoms with van der Waals surface area (Å²) in [4.78, 5) is 34.7. The molecule has 0 saturated carbocycles. The number of nitrogens with zero attached hydrogens (tertiary/aromatic N) is 2. The highest BCUT2D eigenvalue weighted by atomic mass is 16.6. The van der Waals surface area contributed by atoms with Crippen LogP contribution in [0.3, 0.4) is 0 Å². The monoisotopic (exact) mass is 316 g/mol. The maximum absolute atomic E-state index is 12.1. The van der Waals surface area contributed by atoms with E-state index in [1.807, 2.05) is 0 Å². The van der Waals surface area contributed by atoms with Crippen LogP contribution in [0.15, 0.2) is 36.4 Å². The first-order chi connectivity index (χ1) is 10.8. The number of para-hydroxylation sites is 1. The molecule has 0 aromatic heterocycles. The molecule has 2 unspecified atom stereocenters. The fourth-order valence-corrected chi connectivity index (χ4v) is 2.32. The minimum absolute atomic E-state index is 0.0469. The molecule has 1 rings (SSSR count). The van der Waals surface area contributed by atoms with Crippen LogP contribution in [0, 0.1) is 27.4 Å². The average Bonchev–Trinajstić information content (AvgIpc) is 2.51. The summed E-state index contributed by atoms with van der Waals surface area (Å²) in [6.45, 7) is 6.35. The van der Waals surface area contributed by atoms with Crippen molar-refractivity contribution in [2.75, 3.05) is 6.61 Å². The molecule has 2 atom stereocenters. The summed E-state index contributed by atoms with van der Waals surface area (Å²) in [5.74, 6) is -3.89. The number of benzene rings is 1. The van der Waals surface area contributed by atoms with Crippen LogP contribution in [0.1, 0.15) is 25.3 Å². The quantitative estimate of drug-likeness (QED) is 0.251. The smallest absolute Gasteiger partial charge is 0.317 e. The Balaban J connectivity index is 3.54. The summed E-state index contributed by atoms with van der Waals surface area (Å²) in [5.41, 5.74) is -0.325. The standard InChI is InChI=1S/C16H16N2O5/c1-4-23-16(20)15(11(3)19)14(10(2)9-17)12-7-5-6-8-13(12)18(21)22/h5-8,14-15H,2,4H2,1,3H3. The molecule has 0 bridgehead atoms. The van der Waals surface area contributed by atoms with Crippen LogP contribution in [0.2, 0.25) is 0 Å². The number of carbonyl (C=O) groups excluding carboxylic acids is 2. The highest BCUT2D eigenvalue weighted by Gasteiger charge is 2.39. The van der Waals surface area contributed by atoms with Gasteiger partial charge in [0.2, 0.25) is 0 Å². The van der Waals surface area contributed by atoms with Gasteiger partial charge >= 0.3 is 5.97 Å². The van der Waals surface area contributed by atoms with Crippen LogP contribution in [0.25, 0.3) is 0 Å². The Kier molecular flexibility index (Phi) is 6.15. The number of allylic oxidation sites excluding steroid dienone is 1. The zero-order valence-electron chi connectivity index (χ0n) is 12.8. The third kappa shape index (κ3) is 4.01. The van der Waals surface area contributed by atoms with Crippen molar-refractivity contribution in [1.29, 1.82) is 5.26 Å². The number of nitro benzene ring substituents is 1. The Morgan fingerprint density at radius 2 is 2.04 bits per heavy atom. The zero-order chi connectivity index (χ0) is 17.6. The van der Waals surface area contributed by atoms with E-state index in [9.17, 15) is 19.7 Å². The zero-order valence-corrected chi connectivity index (χ0v) is 12.8. The molecule has 0 radical (unpaired) electrons. The van der Waals surface area contributed by atoms with Crippen molar-refractivity contribution in [2.24, 2.45) is 5.92 Å². The SMILES string of the molecule is C=C(C#N)C(c1ccccc1[N+](=O)[O-])C(C(C)=O)C(=O)OCC. The molecule has 23 heavy (non-hydrogen) atoms. The molecule has 7 nitrogen and oxygen atoms in total. The molecule has 0 saturated heterocycles. The van der Waals surface area contributed by atoms with Crippen LogP contribution < -0.4 is 0 Å². The summed E-state index contributed by atoms with van der Waals surface area (Å²) >= 11 is 0. The first kappa shape index (κ1) is 18.0. The fourth-order valence-electron chi connectivity index (χ4n) is 2.32. The van der Waals surface area contributed by atoms with Crippen LogP contribution in [0.5, 0.6) is 0 Å². The maximum atomic E-state index is 12.1. The minimum Gasteiger partial charge on any atom is -0.465 e. The largest absolute Gasteiger partial charge is 0.465 e. The molecule has 120 valence electrons. The molecular weight excluding hydrogens is 300 g/mol. The summed E-state index contributed by atoms with van der Waals surface area (Å²) in [6, 6.07) is 7.42. The third-order valence-corrected chi connectivity index (χ3v) is 3.30. The highest BCUT2D eigenvalue weighted by molar-refractivity contribution is 5.99. The molecule has 0 N–H and O–H groups in total. The molecule has 1 aromatic rings. The average molecular weight is 316 g/mol. The van der Waals surface area contributed by atoms with Crippen LogP contribution >= 0.6 is 0 Å². The Morgan fingerprint density at radius 1 is 1.43 bits per heavy atom. The fraction of sp³-hybridized carbons (Fsp3) is 0.312. The molecule has 0 fully saturated rings. The normalized spacial score (nSPS) is 12.6. The van der Waals surface area contributed by atoms with Crippen molar-refractivity contribution in [1.82, 2.24) is 0 Å². The van der Waals surface area contributed by atoms with Crippen molar-refractivity contribution in [3.8, 4) is 6.07 Å². The Hall–Kier alpha value is -3.01. The van der Waals surface area contributed by atoms with Crippen molar-refractivity contribution in [3.63, 3.8) is 0 Å². The number of ether oxygens (including phenoxy) is 1. The van der Waals surface area contributed by atoms with E-state index in [1.54, 1.807) is 13.0 Å². The number of rotatable bonds is 7. The lowest BCUT2D eigenvalue weighted by Crippen LogP contribution is -2.31. The van der Waals surface area contributed by atoms with E-state index >= 15 is 0 Å². The Labute approximate surface area is 133 Å². The molecule has 0 spiro atoms. The molecule has 0 amide bonds. The minimum atomic E-state index is -1.36. The highest BCUT2D eigenvalue weighted by Crippen LogP contribution is 2.37. The molecule has 0 aliphatic rings. The van der Waals surface area contributed by atoms with Crippen molar-refractivity contribution >= 4 is 17.4 Å². The molecule has 7 heteroatoms. The molecule has 1 aromatic carbocycles. The molecule has 0 aliphatic heterocycles. The van der Waals surface area contributed by atoms with Gasteiger partial charge in [-0.3, -0.25) is 19.7 Å². The molecular formula is C16H16N2O5. The van der Waals surface area contributed by atoms with Gasteiger partial charge in [0.1, 0.15) is 11.7 Å². The summed E-state index contributed by atoms with van der Waals surface area (Å²) < 4.78 is 4.88. The van der Waals surface area contributed by atoms with Gasteiger partial charge < -0.3 is 4.74 Å². The van der Waals surface area contributed by atoms with E-state index in [-0.39, 0.29) is 23.4 Å². The second-order valence-electron chi connectivity index (χ2n) is 4.77. The number of nitro groups is 1. The predicted molar refractivity (Wildman–Crippen MR) is 81.4 cm³/mol. The van der Waals surface area contributed by atoms with Gasteiger partial charge in [-0.05, 0) is 13.8 Å². The van der Waals surface area contributed by atoms with Gasteiger partial charge in [0.15, 0.2) is 0 Å². The third-order valence-electron chi connectivity index (χ3n) is 3.30. The summed E-state index contributed by atoms with van der Waals surface area (Å²) in [7, 11) is 0. The number of Topliss-reactive ketones (excluding diaryl/α,β-unsaturated/α-hetero) is 1. The van der Waals surface area contributed by atoms with E-state index < -0.39 is 28.5 Å². The van der Waals surface area contributed by atoms with E-state index in [1.165, 1.54) is 31.2 Å². The lowest BCUT2D eigenvalue weighted by Gasteiger charge is -2.23. The van der Waals surface area contributed by atoms with Gasteiger partial charge in [-0.15, -0.1) is 0 Å². The van der Waals surface area contributed by atoms with Crippen LogP contribution in [-0.4, -0.2) is 23.3 Å². The van der Waals surface area contributed by atoms with Gasteiger partial charge in [0.05, 0.1) is 17.6 Å². The topological polar surface area (TPSA) is 110 Å². The van der Waals surface area contributed by atoms with Gasteiger partial charge in [0.25, 0.3) is 5.69 Å². The van der Waals surface area contributed by atoms with E-state index in [0.717, 1.165) is 0 Å². The van der Waals surface area contributed by atoms with Gasteiger partial charge in [-0.2, -0.15) is 5.26 Å². The number of carbonyl (C=O) groups is 2. The number of hydrogen-bond donors (Lipinski definition) is 0. The van der Waals surface area contributed by atoms with Gasteiger partial charge in [-0.1, -0.05) is 24.8 Å². The lowest BCUT2D eigenvalue weighted by molar-refractivity contribution is -0.385.